The number of nitrogens with one attached hydrogen (secondary N) is 1. The predicted octanol–water partition coefficient (Wildman–Crippen LogP) is 4.76. The van der Waals surface area contributed by atoms with Gasteiger partial charge >= 0.3 is 0 Å². The maximum Gasteiger partial charge on any atom is 0.142 e. The van der Waals surface area contributed by atoms with Crippen LogP contribution in [0.2, 0.25) is 0 Å². The summed E-state index contributed by atoms with van der Waals surface area (Å²) in [6.07, 6.45) is 10.0. The number of ether oxygens (including phenoxy) is 1. The van der Waals surface area contributed by atoms with E-state index in [0.717, 1.165) is 25.8 Å². The highest BCUT2D eigenvalue weighted by atomic mass is 79.9. The van der Waals surface area contributed by atoms with Gasteiger partial charge in [-0.1, -0.05) is 45.2 Å². The number of halogens is 1. The number of nitrogens with zero attached hydrogens (tertiary/aromatic N) is 1. The number of aliphatic hydroxyl groups excluding tert-OH is 1. The first-order valence-corrected chi connectivity index (χ1v) is 11.7. The molecule has 2 rings (SSSR count). The van der Waals surface area contributed by atoms with Crippen molar-refractivity contribution in [1.82, 2.24) is 0 Å². The Labute approximate surface area is 199 Å². The van der Waals surface area contributed by atoms with Gasteiger partial charge < -0.3 is 29.5 Å². The molecule has 0 radical (unpaired) electrons. The van der Waals surface area contributed by atoms with E-state index in [2.05, 4.69) is 19.2 Å². The minimum absolute atomic E-state index is 0. The molecule has 1 aromatic carbocycles. The zero-order valence-corrected chi connectivity index (χ0v) is 21.2. The van der Waals surface area contributed by atoms with E-state index in [1.807, 2.05) is 0 Å². The van der Waals surface area contributed by atoms with E-state index >= 15 is 0 Å². The van der Waals surface area contributed by atoms with Gasteiger partial charge in [-0.05, 0) is 50.7 Å². The molecule has 31 heavy (non-hydrogen) atoms. The van der Waals surface area contributed by atoms with Crippen LogP contribution in [0.25, 0.3) is 0 Å². The second kappa shape index (κ2) is 18.3. The molecule has 2 N–H and O–H groups in total. The number of para-hydroxylation sites is 2. The second-order valence-electron chi connectivity index (χ2n) is 8.19. The van der Waals surface area contributed by atoms with E-state index in [-0.39, 0.29) is 17.0 Å². The fraction of sp³-hybridized carbons (Fsp3) is 0.708. The molecule has 1 aromatic rings. The van der Waals surface area contributed by atoms with Crippen LogP contribution in [-0.4, -0.2) is 55.1 Å². The summed E-state index contributed by atoms with van der Waals surface area (Å²) in [5, 5.41) is 21.7. The molecule has 0 atom stereocenters. The van der Waals surface area contributed by atoms with Crippen molar-refractivity contribution in [3.05, 3.63) is 24.3 Å². The Morgan fingerprint density at radius 3 is 2.29 bits per heavy atom. The second-order valence-corrected chi connectivity index (χ2v) is 8.19. The van der Waals surface area contributed by atoms with Crippen molar-refractivity contribution in [3.8, 4) is 5.75 Å². The number of carbonyl (C=O) groups is 1. The van der Waals surface area contributed by atoms with Gasteiger partial charge in [0.15, 0.2) is 0 Å². The van der Waals surface area contributed by atoms with Crippen LogP contribution in [0.4, 0.5) is 10.5 Å². The summed E-state index contributed by atoms with van der Waals surface area (Å²) in [6.45, 7) is 10.2. The SMILES string of the molecule is Br.CCCCCOc1ccccc1NC(=O)[O-].CCCCC[N+]1(CCO)CCCCC1. The van der Waals surface area contributed by atoms with Crippen LogP contribution in [0.1, 0.15) is 71.6 Å². The first kappa shape index (κ1) is 29.7. The molecule has 1 aliphatic heterocycles. The van der Waals surface area contributed by atoms with Crippen LogP contribution in [0, 0.1) is 0 Å². The van der Waals surface area contributed by atoms with Gasteiger partial charge in [0.25, 0.3) is 0 Å². The van der Waals surface area contributed by atoms with Crippen molar-refractivity contribution in [1.29, 1.82) is 0 Å². The zero-order valence-electron chi connectivity index (χ0n) is 19.4. The third-order valence-corrected chi connectivity index (χ3v) is 5.70. The molecule has 0 saturated carbocycles. The first-order valence-electron chi connectivity index (χ1n) is 11.7. The van der Waals surface area contributed by atoms with Crippen LogP contribution >= 0.6 is 17.0 Å². The third-order valence-electron chi connectivity index (χ3n) is 5.70. The number of hydrogen-bond acceptors (Lipinski definition) is 4. The maximum atomic E-state index is 10.4. The summed E-state index contributed by atoms with van der Waals surface area (Å²) in [5.41, 5.74) is 0.430. The van der Waals surface area contributed by atoms with Gasteiger partial charge in [-0.25, -0.2) is 0 Å². The van der Waals surface area contributed by atoms with Crippen LogP contribution in [-0.2, 0) is 0 Å². The molecule has 0 spiro atoms. The Balaban J connectivity index is 0.000000567. The van der Waals surface area contributed by atoms with Gasteiger partial charge in [-0.15, -0.1) is 17.0 Å². The molecule has 1 amide bonds. The zero-order chi connectivity index (χ0) is 22.1. The standard InChI is InChI=1S/C12H17NO3.C12H26NO.BrH/c1-2-3-6-9-16-11-8-5-4-7-10(11)13-12(14)15;1-2-3-5-8-13(11-12-14)9-6-4-7-10-13;/h4-5,7-8,13H,2-3,6,9H2,1H3,(H,14,15);14H,2-12H2,1H3;1H/q;+1;/p-1. The van der Waals surface area contributed by atoms with Crippen molar-refractivity contribution >= 4 is 28.8 Å². The monoisotopic (exact) mass is 502 g/mol. The van der Waals surface area contributed by atoms with Gasteiger partial charge in [0.1, 0.15) is 18.4 Å². The summed E-state index contributed by atoms with van der Waals surface area (Å²) in [7, 11) is 0. The molecule has 1 fully saturated rings. The molecular weight excluding hydrogens is 460 g/mol. The highest BCUT2D eigenvalue weighted by Gasteiger charge is 2.28. The lowest BCUT2D eigenvalue weighted by Gasteiger charge is -2.41. The van der Waals surface area contributed by atoms with Crippen molar-refractivity contribution in [2.45, 2.75) is 71.6 Å². The van der Waals surface area contributed by atoms with Gasteiger partial charge in [0, 0.05) is 0 Å². The molecule has 0 aliphatic carbocycles. The third kappa shape index (κ3) is 13.0. The number of carboxylic acid groups (broad SMARTS) is 1. The minimum atomic E-state index is -1.33. The Kier molecular flexibility index (Phi) is 17.5. The summed E-state index contributed by atoms with van der Waals surface area (Å²) in [6, 6.07) is 6.92. The van der Waals surface area contributed by atoms with Crippen molar-refractivity contribution in [3.63, 3.8) is 0 Å². The average Bonchev–Trinajstić information content (AvgIpc) is 2.73. The summed E-state index contributed by atoms with van der Waals surface area (Å²) in [5.74, 6) is 0.544. The largest absolute Gasteiger partial charge is 0.530 e. The van der Waals surface area contributed by atoms with Crippen LogP contribution in [0.5, 0.6) is 5.75 Å². The van der Waals surface area contributed by atoms with Crippen LogP contribution in [0.3, 0.4) is 0 Å². The van der Waals surface area contributed by atoms with Crippen molar-refractivity contribution in [2.24, 2.45) is 0 Å². The summed E-state index contributed by atoms with van der Waals surface area (Å²) in [4.78, 5) is 10.4. The summed E-state index contributed by atoms with van der Waals surface area (Å²) >= 11 is 0. The number of amides is 1. The first-order chi connectivity index (χ1) is 14.6. The van der Waals surface area contributed by atoms with E-state index in [1.165, 1.54) is 62.6 Å². The lowest BCUT2D eigenvalue weighted by molar-refractivity contribution is -0.932. The van der Waals surface area contributed by atoms with Gasteiger partial charge in [0.05, 0.1) is 38.5 Å². The molecule has 0 unspecified atom stereocenters. The molecule has 1 aliphatic rings. The minimum Gasteiger partial charge on any atom is -0.530 e. The molecule has 1 heterocycles. The average molecular weight is 504 g/mol. The van der Waals surface area contributed by atoms with E-state index < -0.39 is 6.09 Å². The maximum absolute atomic E-state index is 10.4. The topological polar surface area (TPSA) is 81.6 Å². The molecule has 0 bridgehead atoms. The van der Waals surface area contributed by atoms with E-state index in [0.29, 0.717) is 24.7 Å². The fourth-order valence-corrected chi connectivity index (χ4v) is 3.99. The molecule has 180 valence electrons. The smallest absolute Gasteiger partial charge is 0.142 e. The molecule has 7 heteroatoms. The highest BCUT2D eigenvalue weighted by molar-refractivity contribution is 8.93. The number of benzene rings is 1. The molecular formula is C24H43BrN2O4. The number of hydrogen-bond donors (Lipinski definition) is 2. The number of aliphatic hydroxyl groups is 1. The van der Waals surface area contributed by atoms with E-state index in [1.54, 1.807) is 24.3 Å². The van der Waals surface area contributed by atoms with Gasteiger partial charge in [-0.2, -0.15) is 0 Å². The number of anilines is 1. The number of unbranched alkanes of at least 4 members (excludes halogenated alkanes) is 4. The number of carbonyl (C=O) groups excluding carboxylic acids is 1. The van der Waals surface area contributed by atoms with Crippen molar-refractivity contribution < 1.29 is 24.2 Å². The number of rotatable bonds is 12. The quantitative estimate of drug-likeness (QED) is 0.318. The van der Waals surface area contributed by atoms with Gasteiger partial charge in [0.2, 0.25) is 0 Å². The van der Waals surface area contributed by atoms with Crippen LogP contribution < -0.4 is 15.2 Å². The lowest BCUT2D eigenvalue weighted by atomic mass is 10.1. The Morgan fingerprint density at radius 1 is 1.03 bits per heavy atom. The molecule has 1 saturated heterocycles. The van der Waals surface area contributed by atoms with E-state index in [9.17, 15) is 9.90 Å². The highest BCUT2D eigenvalue weighted by Crippen LogP contribution is 2.23. The Hall–Kier alpha value is -1.31. The summed E-state index contributed by atoms with van der Waals surface area (Å²) < 4.78 is 6.69. The Bertz CT molecular complexity index is 575. The normalized spacial score (nSPS) is 14.5. The Morgan fingerprint density at radius 2 is 1.68 bits per heavy atom. The van der Waals surface area contributed by atoms with E-state index in [4.69, 9.17) is 9.84 Å². The van der Waals surface area contributed by atoms with Crippen LogP contribution in [0.15, 0.2) is 24.3 Å². The van der Waals surface area contributed by atoms with Gasteiger partial charge in [-0.3, -0.25) is 0 Å². The predicted molar refractivity (Wildman–Crippen MR) is 131 cm³/mol. The number of piperidine rings is 1. The fourth-order valence-electron chi connectivity index (χ4n) is 3.99. The van der Waals surface area contributed by atoms with Crippen molar-refractivity contribution in [2.75, 3.05) is 44.7 Å². The number of likely N-dealkylation sites (tertiary alicyclic amines) is 1. The number of quaternary nitrogens is 1. The lowest BCUT2D eigenvalue weighted by Crippen LogP contribution is -2.53. The molecule has 0 aromatic heterocycles. The molecule has 6 nitrogen and oxygen atoms in total.